The first-order valence-corrected chi connectivity index (χ1v) is 12.0. The van der Waals surface area contributed by atoms with Crippen molar-refractivity contribution in [3.05, 3.63) is 41.3 Å². The van der Waals surface area contributed by atoms with E-state index < -0.39 is 0 Å². The molecule has 5 aromatic rings. The Bertz CT molecular complexity index is 1500. The van der Waals surface area contributed by atoms with Crippen LogP contribution in [0.4, 0.5) is 5.82 Å². The summed E-state index contributed by atoms with van der Waals surface area (Å²) in [4.78, 5) is 20.3. The SMILES string of the molecule is Cc1nn(C)c(C)c1-c1csc2c(N3CCOC[C@H]3C)nc(-c3ccnc4[nH]ccc34)nc12. The Morgan fingerprint density at radius 1 is 1.18 bits per heavy atom. The summed E-state index contributed by atoms with van der Waals surface area (Å²) < 4.78 is 8.75. The van der Waals surface area contributed by atoms with Gasteiger partial charge >= 0.3 is 0 Å². The van der Waals surface area contributed by atoms with Gasteiger partial charge in [-0.2, -0.15) is 5.10 Å². The third kappa shape index (κ3) is 3.14. The molecule has 5 aromatic heterocycles. The molecule has 0 saturated carbocycles. The van der Waals surface area contributed by atoms with Crippen LogP contribution in [0.15, 0.2) is 29.9 Å². The first-order valence-electron chi connectivity index (χ1n) is 11.1. The molecule has 1 saturated heterocycles. The molecular formula is C24H25N7OS. The van der Waals surface area contributed by atoms with E-state index in [2.05, 4.69) is 46.1 Å². The number of ether oxygens (including phenoxy) is 1. The van der Waals surface area contributed by atoms with Crippen LogP contribution >= 0.6 is 11.3 Å². The number of aromatic nitrogens is 6. The minimum Gasteiger partial charge on any atom is -0.377 e. The Morgan fingerprint density at radius 3 is 2.85 bits per heavy atom. The fraction of sp³-hybridized carbons (Fsp3) is 0.333. The lowest BCUT2D eigenvalue weighted by molar-refractivity contribution is 0.0987. The summed E-state index contributed by atoms with van der Waals surface area (Å²) in [5.74, 6) is 1.68. The number of nitrogens with zero attached hydrogens (tertiary/aromatic N) is 6. The number of H-pyrrole nitrogens is 1. The standard InChI is InChI=1S/C24H25N7OS/c1-13-11-32-10-9-31(13)24-21-20(18(12-33-21)19-14(2)29-30(4)15(19)3)27-23(28-24)17-6-8-26-22-16(17)5-7-25-22/h5-8,12-13H,9-11H2,1-4H3,(H,25,26)/t13-/m1/s1. The van der Waals surface area contributed by atoms with Crippen LogP contribution in [0.25, 0.3) is 43.8 Å². The predicted octanol–water partition coefficient (Wildman–Crippen LogP) is 4.48. The van der Waals surface area contributed by atoms with Crippen LogP contribution in [0.2, 0.25) is 0 Å². The van der Waals surface area contributed by atoms with Gasteiger partial charge in [-0.05, 0) is 32.9 Å². The number of rotatable bonds is 3. The van der Waals surface area contributed by atoms with Crippen molar-refractivity contribution in [2.45, 2.75) is 26.8 Å². The van der Waals surface area contributed by atoms with Gasteiger partial charge in [-0.1, -0.05) is 0 Å². The molecule has 33 heavy (non-hydrogen) atoms. The van der Waals surface area contributed by atoms with Crippen LogP contribution in [-0.4, -0.2) is 55.5 Å². The normalized spacial score (nSPS) is 16.8. The van der Waals surface area contributed by atoms with E-state index in [1.54, 1.807) is 11.3 Å². The number of pyridine rings is 1. The molecule has 0 aliphatic carbocycles. The van der Waals surface area contributed by atoms with Crippen LogP contribution in [0.1, 0.15) is 18.3 Å². The highest BCUT2D eigenvalue weighted by Gasteiger charge is 2.27. The number of fused-ring (bicyclic) bond motifs is 2. The molecule has 0 spiro atoms. The summed E-state index contributed by atoms with van der Waals surface area (Å²) in [6.07, 6.45) is 3.71. The lowest BCUT2D eigenvalue weighted by atomic mass is 10.1. The van der Waals surface area contributed by atoms with E-state index in [4.69, 9.17) is 14.7 Å². The van der Waals surface area contributed by atoms with Gasteiger partial charge in [0.05, 0.1) is 35.2 Å². The molecule has 1 N–H and O–H groups in total. The Kier molecular flexibility index (Phi) is 4.70. The van der Waals surface area contributed by atoms with Crippen molar-refractivity contribution in [2.24, 2.45) is 7.05 Å². The molecule has 0 radical (unpaired) electrons. The molecular weight excluding hydrogens is 434 g/mol. The molecule has 0 unspecified atom stereocenters. The van der Waals surface area contributed by atoms with E-state index in [0.717, 1.165) is 61.7 Å². The van der Waals surface area contributed by atoms with Crippen molar-refractivity contribution in [2.75, 3.05) is 24.7 Å². The minimum absolute atomic E-state index is 0.238. The number of nitrogens with one attached hydrogen (secondary N) is 1. The summed E-state index contributed by atoms with van der Waals surface area (Å²) in [5.41, 5.74) is 7.18. The number of anilines is 1. The maximum atomic E-state index is 5.71. The van der Waals surface area contributed by atoms with Crippen molar-refractivity contribution >= 4 is 38.4 Å². The summed E-state index contributed by atoms with van der Waals surface area (Å²) >= 11 is 1.70. The van der Waals surface area contributed by atoms with E-state index in [9.17, 15) is 0 Å². The maximum absolute atomic E-state index is 5.71. The average molecular weight is 460 g/mol. The van der Waals surface area contributed by atoms with Gasteiger partial charge in [0.25, 0.3) is 0 Å². The number of hydrogen-bond acceptors (Lipinski definition) is 7. The second-order valence-corrected chi connectivity index (χ2v) is 9.46. The van der Waals surface area contributed by atoms with Crippen molar-refractivity contribution in [1.82, 2.24) is 29.7 Å². The van der Waals surface area contributed by atoms with E-state index in [1.807, 2.05) is 36.3 Å². The summed E-state index contributed by atoms with van der Waals surface area (Å²) in [5, 5.41) is 7.87. The third-order valence-corrected chi connectivity index (χ3v) is 7.48. The van der Waals surface area contributed by atoms with Gasteiger partial charge in [-0.3, -0.25) is 4.68 Å². The van der Waals surface area contributed by atoms with E-state index in [1.165, 1.54) is 0 Å². The molecule has 0 aromatic carbocycles. The molecule has 8 nitrogen and oxygen atoms in total. The second kappa shape index (κ2) is 7.64. The van der Waals surface area contributed by atoms with Gasteiger partial charge in [0.15, 0.2) is 11.6 Å². The van der Waals surface area contributed by atoms with Crippen molar-refractivity contribution < 1.29 is 4.74 Å². The monoisotopic (exact) mass is 459 g/mol. The number of hydrogen-bond donors (Lipinski definition) is 1. The molecule has 1 aliphatic heterocycles. The van der Waals surface area contributed by atoms with Crippen LogP contribution < -0.4 is 4.90 Å². The molecule has 1 aliphatic rings. The number of aryl methyl sites for hydroxylation is 2. The van der Waals surface area contributed by atoms with Crippen LogP contribution in [0, 0.1) is 13.8 Å². The summed E-state index contributed by atoms with van der Waals surface area (Å²) in [7, 11) is 1.99. The number of aromatic amines is 1. The van der Waals surface area contributed by atoms with Gasteiger partial charge in [0, 0.05) is 59.1 Å². The largest absolute Gasteiger partial charge is 0.377 e. The zero-order valence-corrected chi connectivity index (χ0v) is 19.9. The van der Waals surface area contributed by atoms with Crippen molar-refractivity contribution in [3.8, 4) is 22.5 Å². The highest BCUT2D eigenvalue weighted by atomic mass is 32.1. The second-order valence-electron chi connectivity index (χ2n) is 8.58. The molecule has 1 fully saturated rings. The summed E-state index contributed by atoms with van der Waals surface area (Å²) in [6, 6.07) is 4.27. The molecule has 0 amide bonds. The first kappa shape index (κ1) is 20.3. The zero-order chi connectivity index (χ0) is 22.7. The molecule has 6 rings (SSSR count). The Hall–Kier alpha value is -3.30. The lowest BCUT2D eigenvalue weighted by Gasteiger charge is -2.34. The van der Waals surface area contributed by atoms with Gasteiger partial charge in [-0.25, -0.2) is 15.0 Å². The fourth-order valence-corrected chi connectivity index (χ4v) is 5.76. The highest BCUT2D eigenvalue weighted by Crippen LogP contribution is 2.41. The Labute approximate surface area is 195 Å². The molecule has 168 valence electrons. The smallest absolute Gasteiger partial charge is 0.163 e. The predicted molar refractivity (Wildman–Crippen MR) is 132 cm³/mol. The molecule has 1 atom stereocenters. The lowest BCUT2D eigenvalue weighted by Crippen LogP contribution is -2.44. The van der Waals surface area contributed by atoms with Crippen LogP contribution in [-0.2, 0) is 11.8 Å². The quantitative estimate of drug-likeness (QED) is 0.428. The average Bonchev–Trinajstić information content (AvgIpc) is 3.51. The third-order valence-electron chi connectivity index (χ3n) is 6.52. The van der Waals surface area contributed by atoms with E-state index >= 15 is 0 Å². The van der Waals surface area contributed by atoms with Gasteiger partial charge < -0.3 is 14.6 Å². The zero-order valence-electron chi connectivity index (χ0n) is 19.1. The maximum Gasteiger partial charge on any atom is 0.163 e. The van der Waals surface area contributed by atoms with Gasteiger partial charge in [-0.15, -0.1) is 11.3 Å². The van der Waals surface area contributed by atoms with Gasteiger partial charge in [0.2, 0.25) is 0 Å². The van der Waals surface area contributed by atoms with E-state index in [0.29, 0.717) is 19.0 Å². The fourth-order valence-electron chi connectivity index (χ4n) is 4.76. The topological polar surface area (TPSA) is 84.8 Å². The first-order chi connectivity index (χ1) is 16.0. The molecule has 6 heterocycles. The molecule has 9 heteroatoms. The number of morpholine rings is 1. The minimum atomic E-state index is 0.238. The van der Waals surface area contributed by atoms with Crippen molar-refractivity contribution in [1.29, 1.82) is 0 Å². The number of thiophene rings is 1. The highest BCUT2D eigenvalue weighted by molar-refractivity contribution is 7.18. The van der Waals surface area contributed by atoms with Gasteiger partial charge in [0.1, 0.15) is 5.65 Å². The molecule has 0 bridgehead atoms. The van der Waals surface area contributed by atoms with E-state index in [-0.39, 0.29) is 6.04 Å². The summed E-state index contributed by atoms with van der Waals surface area (Å²) in [6.45, 7) is 8.55. The Balaban J connectivity index is 1.65. The van der Waals surface area contributed by atoms with Crippen LogP contribution in [0.5, 0.6) is 0 Å². The van der Waals surface area contributed by atoms with Crippen LogP contribution in [0.3, 0.4) is 0 Å². The van der Waals surface area contributed by atoms with Crippen molar-refractivity contribution in [3.63, 3.8) is 0 Å². The Morgan fingerprint density at radius 2 is 2.06 bits per heavy atom.